The molecule has 14 nitrogen and oxygen atoms in total. The maximum Gasteiger partial charge on any atom is 0.419 e. The fourth-order valence-electron chi connectivity index (χ4n) is 9.34. The average Bonchev–Trinajstić information content (AvgIpc) is 4.02. The van der Waals surface area contributed by atoms with E-state index in [1.165, 1.54) is 0 Å². The first-order chi connectivity index (χ1) is 34.2. The number of alkyl halides is 6. The van der Waals surface area contributed by atoms with Crippen LogP contribution in [0.1, 0.15) is 131 Å². The summed E-state index contributed by atoms with van der Waals surface area (Å²) < 4.78 is 86.2. The molecule has 2 aliphatic rings. The number of amides is 2. The predicted octanol–water partition coefficient (Wildman–Crippen LogP) is 7.85. The van der Waals surface area contributed by atoms with Gasteiger partial charge in [-0.1, -0.05) is 48.5 Å². The van der Waals surface area contributed by atoms with E-state index < -0.39 is 47.1 Å². The third kappa shape index (κ3) is 13.9. The lowest BCUT2D eigenvalue weighted by molar-refractivity contribution is -0.139. The molecule has 0 unspecified atom stereocenters. The molecule has 384 valence electrons. The number of carbonyl (C=O) groups excluding carboxylic acids is 2. The van der Waals surface area contributed by atoms with E-state index in [2.05, 4.69) is 54.0 Å². The Kier molecular flexibility index (Phi) is 17.3. The molecule has 2 amide bonds. The normalized spacial score (nSPS) is 16.2. The van der Waals surface area contributed by atoms with Crippen LogP contribution in [-0.4, -0.2) is 101 Å². The van der Waals surface area contributed by atoms with Crippen LogP contribution in [0.4, 0.5) is 26.3 Å². The minimum atomic E-state index is -4.56. The number of hydrogen-bond acceptors (Lipinski definition) is 10. The van der Waals surface area contributed by atoms with Crippen molar-refractivity contribution in [2.24, 2.45) is 11.5 Å². The van der Waals surface area contributed by atoms with Gasteiger partial charge < -0.3 is 21.3 Å². The first-order valence-corrected chi connectivity index (χ1v) is 24.2. The maximum absolute atomic E-state index is 13.7. The van der Waals surface area contributed by atoms with Crippen LogP contribution in [0, 0.1) is 0 Å². The van der Waals surface area contributed by atoms with Gasteiger partial charge in [0.15, 0.2) is 0 Å². The third-order valence-electron chi connectivity index (χ3n) is 13.8. The third-order valence-corrected chi connectivity index (χ3v) is 13.8. The van der Waals surface area contributed by atoms with Gasteiger partial charge in [0, 0.05) is 37.6 Å². The quantitative estimate of drug-likeness (QED) is 0.0908. The average molecular weight is 1000 g/mol. The highest BCUT2D eigenvalue weighted by Gasteiger charge is 2.36. The van der Waals surface area contributed by atoms with Gasteiger partial charge in [0.05, 0.1) is 58.8 Å². The molecule has 8 rings (SSSR count). The molecule has 6 aromatic rings. The van der Waals surface area contributed by atoms with E-state index in [1.807, 2.05) is 33.9 Å². The Morgan fingerprint density at radius 2 is 0.944 bits per heavy atom. The summed E-state index contributed by atoms with van der Waals surface area (Å²) in [7, 11) is 4.20. The molecule has 2 atom stereocenters. The number of benzene rings is 2. The second-order valence-electron chi connectivity index (χ2n) is 19.0. The lowest BCUT2D eigenvalue weighted by Crippen LogP contribution is -2.31. The van der Waals surface area contributed by atoms with Crippen LogP contribution in [0.15, 0.2) is 85.7 Å². The summed E-state index contributed by atoms with van der Waals surface area (Å²) in [6, 6.07) is 15.0. The molecule has 2 aromatic carbocycles. The van der Waals surface area contributed by atoms with Crippen LogP contribution in [0.25, 0.3) is 0 Å². The summed E-state index contributed by atoms with van der Waals surface area (Å²) in [5.74, 6) is -1.40. The van der Waals surface area contributed by atoms with Crippen molar-refractivity contribution in [3.05, 3.63) is 153 Å². The molecule has 4 aromatic heterocycles. The van der Waals surface area contributed by atoms with Crippen molar-refractivity contribution in [2.75, 3.05) is 40.3 Å². The van der Waals surface area contributed by atoms with Gasteiger partial charge in [-0.3, -0.25) is 19.0 Å². The molecule has 6 heterocycles. The highest BCUT2D eigenvalue weighted by atomic mass is 19.4. The zero-order chi connectivity index (χ0) is 51.7. The minimum Gasteiger partial charge on any atom is -0.369 e. The summed E-state index contributed by atoms with van der Waals surface area (Å²) in [6.45, 7) is 7.41. The fourth-order valence-corrected chi connectivity index (χ4v) is 9.34. The number of likely N-dealkylation sites (tertiary alicyclic amines) is 2. The van der Waals surface area contributed by atoms with Gasteiger partial charge in [0.2, 0.25) is 11.8 Å². The van der Waals surface area contributed by atoms with Gasteiger partial charge in [0.1, 0.15) is 11.6 Å². The largest absolute Gasteiger partial charge is 0.419 e. The fraction of sp³-hybridized carbons (Fsp3) is 0.462. The van der Waals surface area contributed by atoms with Crippen molar-refractivity contribution in [1.82, 2.24) is 49.3 Å². The Labute approximate surface area is 415 Å². The van der Waals surface area contributed by atoms with Crippen molar-refractivity contribution < 1.29 is 35.9 Å². The van der Waals surface area contributed by atoms with Gasteiger partial charge in [0.25, 0.3) is 0 Å². The van der Waals surface area contributed by atoms with Gasteiger partial charge in [-0.15, -0.1) is 0 Å². The van der Waals surface area contributed by atoms with Crippen LogP contribution in [0.2, 0.25) is 0 Å². The monoisotopic (exact) mass is 1000 g/mol. The molecule has 4 N–H and O–H groups in total. The Hall–Kier alpha value is -6.54. The van der Waals surface area contributed by atoms with E-state index in [0.29, 0.717) is 60.5 Å². The van der Waals surface area contributed by atoms with E-state index in [0.717, 1.165) is 86.5 Å². The van der Waals surface area contributed by atoms with Crippen LogP contribution in [0.3, 0.4) is 0 Å². The van der Waals surface area contributed by atoms with Crippen LogP contribution in [0.5, 0.6) is 0 Å². The Bertz CT molecular complexity index is 2590. The molecular formula is C52H62F6N12O2. The molecule has 0 bridgehead atoms. The van der Waals surface area contributed by atoms with E-state index in [1.54, 1.807) is 62.6 Å². The van der Waals surface area contributed by atoms with Crippen LogP contribution >= 0.6 is 0 Å². The maximum atomic E-state index is 13.7. The van der Waals surface area contributed by atoms with E-state index >= 15 is 0 Å². The van der Waals surface area contributed by atoms with Gasteiger partial charge >= 0.3 is 12.4 Å². The number of piperidine rings is 2. The highest BCUT2D eigenvalue weighted by Crippen LogP contribution is 2.34. The molecule has 2 saturated heterocycles. The molecule has 0 aliphatic carbocycles. The van der Waals surface area contributed by atoms with E-state index in [4.69, 9.17) is 11.5 Å². The molecule has 2 aliphatic heterocycles. The van der Waals surface area contributed by atoms with Crippen molar-refractivity contribution in [3.63, 3.8) is 0 Å². The standard InChI is InChI=1S/2C26H31F3N6O/c2*1-17(25(30)36)21-6-4-3-5-19(21)7-8-23-22(26(27,28)29)15-31-24(33-23)13-18-14-32-35(16-18)20-9-11-34(2)12-10-20/h2*3-6,14-17,20H,7-13H2,1-2H3,(H2,30,36)/t2*17-/m10/s1. The molecule has 72 heavy (non-hydrogen) atoms. The Balaban J connectivity index is 0.000000211. The molecular weight excluding hydrogens is 939 g/mol. The van der Waals surface area contributed by atoms with Crippen molar-refractivity contribution in [1.29, 1.82) is 0 Å². The summed E-state index contributed by atoms with van der Waals surface area (Å²) >= 11 is 0. The first-order valence-electron chi connectivity index (χ1n) is 24.2. The Morgan fingerprint density at radius 3 is 1.29 bits per heavy atom. The summed E-state index contributed by atoms with van der Waals surface area (Å²) in [5, 5.41) is 8.96. The van der Waals surface area contributed by atoms with Crippen LogP contribution in [-0.2, 0) is 60.5 Å². The molecule has 0 radical (unpaired) electrons. The number of nitrogens with zero attached hydrogens (tertiary/aromatic N) is 10. The van der Waals surface area contributed by atoms with E-state index in [9.17, 15) is 35.9 Å². The molecule has 0 saturated carbocycles. The number of hydrogen-bond donors (Lipinski definition) is 2. The zero-order valence-electron chi connectivity index (χ0n) is 41.0. The number of primary amides is 2. The molecule has 2 fully saturated rings. The highest BCUT2D eigenvalue weighted by molar-refractivity contribution is 5.82. The number of rotatable bonds is 16. The summed E-state index contributed by atoms with van der Waals surface area (Å²) in [4.78, 5) is 44.6. The number of aromatic nitrogens is 8. The van der Waals surface area contributed by atoms with Crippen molar-refractivity contribution in [2.45, 2.75) is 114 Å². The zero-order valence-corrected chi connectivity index (χ0v) is 41.0. The van der Waals surface area contributed by atoms with Gasteiger partial charge in [-0.2, -0.15) is 36.5 Å². The van der Waals surface area contributed by atoms with Gasteiger partial charge in [-0.25, -0.2) is 19.9 Å². The summed E-state index contributed by atoms with van der Waals surface area (Å²) in [6.07, 6.45) is 5.31. The van der Waals surface area contributed by atoms with Crippen molar-refractivity contribution >= 4 is 11.8 Å². The second kappa shape index (κ2) is 23.3. The number of aryl methyl sites for hydroxylation is 4. The van der Waals surface area contributed by atoms with Gasteiger partial charge in [-0.05, 0) is 139 Å². The minimum absolute atomic E-state index is 0.0573. The number of nitrogens with two attached hydrogens (primary N) is 2. The van der Waals surface area contributed by atoms with E-state index in [-0.39, 0.29) is 24.2 Å². The number of carbonyl (C=O) groups is 2. The number of halogens is 6. The summed E-state index contributed by atoms with van der Waals surface area (Å²) in [5.41, 5.74) is 13.8. The second-order valence-corrected chi connectivity index (χ2v) is 19.0. The van der Waals surface area contributed by atoms with Crippen LogP contribution < -0.4 is 11.5 Å². The topological polar surface area (TPSA) is 180 Å². The smallest absolute Gasteiger partial charge is 0.369 e. The van der Waals surface area contributed by atoms with Crippen molar-refractivity contribution in [3.8, 4) is 0 Å². The molecule has 20 heteroatoms. The molecule has 0 spiro atoms. The lowest BCUT2D eigenvalue weighted by Gasteiger charge is -2.28. The first kappa shape index (κ1) is 53.3. The Morgan fingerprint density at radius 1 is 0.583 bits per heavy atom. The lowest BCUT2D eigenvalue weighted by atomic mass is 9.92. The predicted molar refractivity (Wildman–Crippen MR) is 259 cm³/mol. The SMILES string of the molecule is C[C@@H](C(N)=O)c1ccccc1CCc1nc(Cc2cnn(C3CCN(C)CC3)c2)ncc1C(F)(F)F.C[C@H](C(N)=O)c1ccccc1CCc1nc(Cc2cnn(C3CCN(C)CC3)c2)ncc1C(F)(F)F.